The number of hydrogen-bond acceptors (Lipinski definition) is 3. The van der Waals surface area contributed by atoms with E-state index in [9.17, 15) is 4.79 Å². The van der Waals surface area contributed by atoms with Crippen molar-refractivity contribution in [2.24, 2.45) is 0 Å². The Morgan fingerprint density at radius 3 is 2.86 bits per heavy atom. The van der Waals surface area contributed by atoms with Crippen molar-refractivity contribution >= 4 is 28.2 Å². The number of carbonyl (C=O) groups excluding carboxylic acids is 1. The van der Waals surface area contributed by atoms with Crippen molar-refractivity contribution in [2.45, 2.75) is 32.6 Å². The van der Waals surface area contributed by atoms with Crippen LogP contribution in [-0.2, 0) is 4.79 Å². The Labute approximate surface area is 93.9 Å². The molecule has 1 atom stereocenters. The largest absolute Gasteiger partial charge is 0.286 e. The molecule has 0 spiro atoms. The van der Waals surface area contributed by atoms with Gasteiger partial charge in [0.15, 0.2) is 5.12 Å². The van der Waals surface area contributed by atoms with Crippen LogP contribution in [0, 0.1) is 0 Å². The van der Waals surface area contributed by atoms with Crippen molar-refractivity contribution in [3.05, 3.63) is 22.4 Å². The maximum atomic E-state index is 11.8. The molecule has 0 aliphatic carbocycles. The van der Waals surface area contributed by atoms with Gasteiger partial charge in [0.1, 0.15) is 0 Å². The molecule has 1 unspecified atom stereocenters. The predicted octanol–water partition coefficient (Wildman–Crippen LogP) is 3.91. The minimum absolute atomic E-state index is 0.130. The minimum atomic E-state index is 0.130. The summed E-state index contributed by atoms with van der Waals surface area (Å²) in [5.74, 6) is 1.01. The first-order chi connectivity index (χ1) is 6.79. The van der Waals surface area contributed by atoms with Gasteiger partial charge in [0.2, 0.25) is 0 Å². The van der Waals surface area contributed by atoms with Gasteiger partial charge in [-0.15, -0.1) is 11.3 Å². The van der Waals surface area contributed by atoms with Gasteiger partial charge in [-0.2, -0.15) is 0 Å². The topological polar surface area (TPSA) is 17.1 Å². The zero-order chi connectivity index (χ0) is 10.4. The van der Waals surface area contributed by atoms with Crippen LogP contribution in [-0.4, -0.2) is 10.9 Å². The van der Waals surface area contributed by atoms with E-state index in [1.807, 2.05) is 18.4 Å². The molecule has 78 valence electrons. The molecular weight excluding hydrogens is 212 g/mol. The van der Waals surface area contributed by atoms with Gasteiger partial charge in [0.25, 0.3) is 0 Å². The summed E-state index contributed by atoms with van der Waals surface area (Å²) in [5, 5.41) is 2.37. The molecule has 14 heavy (non-hydrogen) atoms. The van der Waals surface area contributed by atoms with Crippen LogP contribution in [0.3, 0.4) is 0 Å². The molecular formula is C11H16OS2. The van der Waals surface area contributed by atoms with Gasteiger partial charge in [-0.3, -0.25) is 4.79 Å². The minimum Gasteiger partial charge on any atom is -0.286 e. The van der Waals surface area contributed by atoms with Gasteiger partial charge >= 0.3 is 0 Å². The van der Waals surface area contributed by atoms with E-state index in [0.717, 1.165) is 18.6 Å². The fourth-order valence-electron chi connectivity index (χ4n) is 1.40. The lowest BCUT2D eigenvalue weighted by Gasteiger charge is -2.11. The van der Waals surface area contributed by atoms with Crippen molar-refractivity contribution in [3.8, 4) is 0 Å². The van der Waals surface area contributed by atoms with E-state index >= 15 is 0 Å². The van der Waals surface area contributed by atoms with E-state index in [4.69, 9.17) is 0 Å². The number of carbonyl (C=O) groups is 1. The first-order valence-electron chi connectivity index (χ1n) is 4.99. The quantitative estimate of drug-likeness (QED) is 0.760. The summed E-state index contributed by atoms with van der Waals surface area (Å²) in [6.45, 7) is 4.16. The van der Waals surface area contributed by atoms with Gasteiger partial charge in [-0.1, -0.05) is 38.1 Å². The second-order valence-electron chi connectivity index (χ2n) is 3.11. The van der Waals surface area contributed by atoms with E-state index in [2.05, 4.69) is 13.0 Å². The Hall–Kier alpha value is -0.280. The average Bonchev–Trinajstić information content (AvgIpc) is 2.67. The van der Waals surface area contributed by atoms with Crippen molar-refractivity contribution in [2.75, 3.05) is 5.75 Å². The zero-order valence-electron chi connectivity index (χ0n) is 8.66. The highest BCUT2D eigenvalue weighted by atomic mass is 32.2. The van der Waals surface area contributed by atoms with Gasteiger partial charge in [-0.25, -0.2) is 0 Å². The number of thioether (sulfide) groups is 1. The summed E-state index contributed by atoms with van der Waals surface area (Å²) in [5.41, 5.74) is 0. The van der Waals surface area contributed by atoms with E-state index < -0.39 is 0 Å². The van der Waals surface area contributed by atoms with Crippen LogP contribution >= 0.6 is 23.1 Å². The smallest absolute Gasteiger partial charge is 0.197 e. The fraction of sp³-hybridized carbons (Fsp3) is 0.545. The van der Waals surface area contributed by atoms with Crippen LogP contribution in [0.2, 0.25) is 0 Å². The van der Waals surface area contributed by atoms with Crippen LogP contribution in [0.1, 0.15) is 37.5 Å². The molecule has 0 bridgehead atoms. The highest BCUT2D eigenvalue weighted by Crippen LogP contribution is 2.30. The molecule has 0 saturated carbocycles. The van der Waals surface area contributed by atoms with Crippen molar-refractivity contribution in [3.63, 3.8) is 0 Å². The lowest BCUT2D eigenvalue weighted by molar-refractivity contribution is -0.112. The molecule has 0 saturated heterocycles. The molecule has 3 heteroatoms. The summed E-state index contributed by atoms with van der Waals surface area (Å²) in [7, 11) is 0. The number of thiophene rings is 1. The highest BCUT2D eigenvalue weighted by molar-refractivity contribution is 8.13. The Balaban J connectivity index is 2.69. The third-order valence-electron chi connectivity index (χ3n) is 2.04. The van der Waals surface area contributed by atoms with E-state index in [-0.39, 0.29) is 5.92 Å². The van der Waals surface area contributed by atoms with Crippen LogP contribution < -0.4 is 0 Å². The van der Waals surface area contributed by atoms with Crippen LogP contribution in [0.4, 0.5) is 0 Å². The molecule has 0 aliphatic heterocycles. The van der Waals surface area contributed by atoms with Crippen molar-refractivity contribution in [1.29, 1.82) is 0 Å². The molecule has 1 aromatic heterocycles. The molecule has 0 radical (unpaired) electrons. The number of rotatable bonds is 5. The normalized spacial score (nSPS) is 12.7. The highest BCUT2D eigenvalue weighted by Gasteiger charge is 2.20. The molecule has 1 heterocycles. The van der Waals surface area contributed by atoms with Gasteiger partial charge < -0.3 is 0 Å². The Bertz CT molecular complexity index is 267. The molecule has 1 aromatic rings. The lowest BCUT2D eigenvalue weighted by atomic mass is 10.0. The first kappa shape index (κ1) is 11.8. The Kier molecular flexibility index (Phi) is 5.26. The fourth-order valence-corrected chi connectivity index (χ4v) is 3.06. The van der Waals surface area contributed by atoms with Gasteiger partial charge in [-0.05, 0) is 23.6 Å². The summed E-state index contributed by atoms with van der Waals surface area (Å²) in [4.78, 5) is 13.0. The molecule has 0 fully saturated rings. The van der Waals surface area contributed by atoms with E-state index in [1.165, 1.54) is 16.6 Å². The van der Waals surface area contributed by atoms with Gasteiger partial charge in [0.05, 0.1) is 5.92 Å². The predicted molar refractivity (Wildman–Crippen MR) is 65.1 cm³/mol. The lowest BCUT2D eigenvalue weighted by Crippen LogP contribution is -2.07. The molecule has 0 aliphatic rings. The molecule has 0 aromatic carbocycles. The van der Waals surface area contributed by atoms with Crippen molar-refractivity contribution in [1.82, 2.24) is 0 Å². The molecule has 0 amide bonds. The maximum Gasteiger partial charge on any atom is 0.197 e. The maximum absolute atomic E-state index is 11.8. The summed E-state index contributed by atoms with van der Waals surface area (Å²) in [6.07, 6.45) is 2.05. The average molecular weight is 228 g/mol. The second-order valence-corrected chi connectivity index (χ2v) is 5.36. The second kappa shape index (κ2) is 6.25. The molecule has 1 rings (SSSR count). The SMILES string of the molecule is CCCC(C(=O)SCC)c1cccs1. The van der Waals surface area contributed by atoms with Crippen molar-refractivity contribution < 1.29 is 4.79 Å². The summed E-state index contributed by atoms with van der Waals surface area (Å²) in [6, 6.07) is 4.09. The third-order valence-corrected chi connectivity index (χ3v) is 3.88. The standard InChI is InChI=1S/C11H16OS2/c1-3-6-9(11(12)13-4-2)10-7-5-8-14-10/h5,7-9H,3-4,6H2,1-2H3. The molecule has 0 N–H and O–H groups in total. The Morgan fingerprint density at radius 1 is 1.57 bits per heavy atom. The van der Waals surface area contributed by atoms with E-state index in [1.54, 1.807) is 11.3 Å². The third kappa shape index (κ3) is 3.14. The summed E-state index contributed by atoms with van der Waals surface area (Å²) >= 11 is 3.14. The monoisotopic (exact) mass is 228 g/mol. The number of hydrogen-bond donors (Lipinski definition) is 0. The first-order valence-corrected chi connectivity index (χ1v) is 6.86. The van der Waals surface area contributed by atoms with Crippen LogP contribution in [0.5, 0.6) is 0 Å². The van der Waals surface area contributed by atoms with Crippen LogP contribution in [0.15, 0.2) is 17.5 Å². The van der Waals surface area contributed by atoms with E-state index in [0.29, 0.717) is 5.12 Å². The zero-order valence-corrected chi connectivity index (χ0v) is 10.3. The van der Waals surface area contributed by atoms with Crippen LogP contribution in [0.25, 0.3) is 0 Å². The summed E-state index contributed by atoms with van der Waals surface area (Å²) < 4.78 is 0. The van der Waals surface area contributed by atoms with Gasteiger partial charge in [0, 0.05) is 4.88 Å². The Morgan fingerprint density at radius 2 is 2.36 bits per heavy atom. The molecule has 1 nitrogen and oxygen atoms in total.